The van der Waals surface area contributed by atoms with Crippen molar-refractivity contribution in [3.05, 3.63) is 0 Å². The zero-order chi connectivity index (χ0) is 13.8. The van der Waals surface area contributed by atoms with E-state index < -0.39 is 10.0 Å². The van der Waals surface area contributed by atoms with Gasteiger partial charge >= 0.3 is 0 Å². The van der Waals surface area contributed by atoms with E-state index in [-0.39, 0.29) is 11.2 Å². The first-order chi connectivity index (χ1) is 8.99. The second-order valence-electron chi connectivity index (χ2n) is 5.66. The van der Waals surface area contributed by atoms with Gasteiger partial charge in [-0.1, -0.05) is 0 Å². The van der Waals surface area contributed by atoms with Gasteiger partial charge in [-0.2, -0.15) is 0 Å². The topological polar surface area (TPSA) is 87.9 Å². The van der Waals surface area contributed by atoms with Crippen LogP contribution in [-0.4, -0.2) is 53.8 Å². The predicted octanol–water partition coefficient (Wildman–Crippen LogP) is 0.125. The van der Waals surface area contributed by atoms with Crippen LogP contribution in [0.5, 0.6) is 0 Å². The largest absolute Gasteiger partial charge is 0.381 e. The third-order valence-corrected chi connectivity index (χ3v) is 4.86. The molecule has 0 saturated carbocycles. The van der Waals surface area contributed by atoms with Crippen molar-refractivity contribution in [3.63, 3.8) is 0 Å². The summed E-state index contributed by atoms with van der Waals surface area (Å²) in [5.74, 6) is 0.413. The molecule has 112 valence electrons. The molecule has 6 nitrogen and oxygen atoms in total. The molecule has 2 saturated heterocycles. The molecule has 2 N–H and O–H groups in total. The quantitative estimate of drug-likeness (QED) is 0.752. The second-order valence-corrected chi connectivity index (χ2v) is 7.28. The van der Waals surface area contributed by atoms with E-state index in [9.17, 15) is 8.42 Å². The fraction of sp³-hybridized carbons (Fsp3) is 1.00. The minimum Gasteiger partial charge on any atom is -0.381 e. The minimum absolute atomic E-state index is 0.0233. The number of hydrogen-bond acceptors (Lipinski definition) is 5. The van der Waals surface area contributed by atoms with Crippen LogP contribution in [-0.2, 0) is 24.2 Å². The maximum absolute atomic E-state index is 11.4. The Morgan fingerprint density at radius 1 is 1.21 bits per heavy atom. The van der Waals surface area contributed by atoms with Crippen molar-refractivity contribution >= 4 is 10.0 Å². The van der Waals surface area contributed by atoms with E-state index in [1.807, 2.05) is 0 Å². The number of sulfonamides is 1. The zero-order valence-electron chi connectivity index (χ0n) is 11.2. The van der Waals surface area contributed by atoms with Crippen LogP contribution < -0.4 is 5.14 Å². The lowest BCUT2D eigenvalue weighted by atomic mass is 9.83. The van der Waals surface area contributed by atoms with Crippen molar-refractivity contribution in [2.45, 2.75) is 19.3 Å². The average Bonchev–Trinajstić information content (AvgIpc) is 2.81. The normalized spacial score (nSPS) is 27.5. The summed E-state index contributed by atoms with van der Waals surface area (Å²) in [5, 5.41) is 5.20. The molecule has 2 aliphatic rings. The Morgan fingerprint density at radius 3 is 2.53 bits per heavy atom. The summed E-state index contributed by atoms with van der Waals surface area (Å²) in [7, 11) is -3.49. The second kappa shape index (κ2) is 6.49. The predicted molar refractivity (Wildman–Crippen MR) is 70.2 cm³/mol. The Bertz CT molecular complexity index is 372. The van der Waals surface area contributed by atoms with Crippen molar-refractivity contribution in [2.24, 2.45) is 16.5 Å². The molecule has 2 aliphatic heterocycles. The van der Waals surface area contributed by atoms with Crippen molar-refractivity contribution in [2.75, 3.05) is 45.4 Å². The van der Waals surface area contributed by atoms with E-state index in [2.05, 4.69) is 0 Å². The third kappa shape index (κ3) is 5.00. The van der Waals surface area contributed by atoms with E-state index in [1.54, 1.807) is 0 Å². The van der Waals surface area contributed by atoms with Crippen molar-refractivity contribution in [1.82, 2.24) is 0 Å². The number of hydrogen-bond donors (Lipinski definition) is 1. The monoisotopic (exact) mass is 293 g/mol. The highest BCUT2D eigenvalue weighted by Crippen LogP contribution is 2.32. The highest BCUT2D eigenvalue weighted by molar-refractivity contribution is 7.89. The van der Waals surface area contributed by atoms with Gasteiger partial charge in [0.2, 0.25) is 10.0 Å². The molecule has 2 heterocycles. The van der Waals surface area contributed by atoms with Crippen LogP contribution in [0.2, 0.25) is 0 Å². The van der Waals surface area contributed by atoms with E-state index >= 15 is 0 Å². The molecule has 0 aromatic carbocycles. The van der Waals surface area contributed by atoms with E-state index in [1.165, 1.54) is 0 Å². The van der Waals surface area contributed by atoms with Gasteiger partial charge in [-0.25, -0.2) is 13.6 Å². The van der Waals surface area contributed by atoms with Gasteiger partial charge in [0.1, 0.15) is 0 Å². The fourth-order valence-corrected chi connectivity index (χ4v) is 3.94. The maximum Gasteiger partial charge on any atom is 0.209 e. The Morgan fingerprint density at radius 2 is 1.95 bits per heavy atom. The highest BCUT2D eigenvalue weighted by atomic mass is 32.2. The molecule has 7 heteroatoms. The van der Waals surface area contributed by atoms with E-state index in [0.29, 0.717) is 45.2 Å². The maximum atomic E-state index is 11.4. The van der Waals surface area contributed by atoms with Gasteiger partial charge in [0.05, 0.1) is 25.6 Å². The molecule has 0 bridgehead atoms. The summed E-state index contributed by atoms with van der Waals surface area (Å²) in [5.41, 5.74) is -0.384. The van der Waals surface area contributed by atoms with Crippen molar-refractivity contribution in [3.8, 4) is 0 Å². The van der Waals surface area contributed by atoms with Crippen LogP contribution in [0, 0.1) is 11.3 Å². The summed E-state index contributed by atoms with van der Waals surface area (Å²) >= 11 is 0. The standard InChI is InChI=1S/C12H23NO5S/c13-19(14,15)10-12(2-5-16-6-3-12)9-18-8-11-1-4-17-7-11/h11H,1-10H2,(H2,13,14,15). The first-order valence-electron chi connectivity index (χ1n) is 6.73. The first kappa shape index (κ1) is 15.2. The number of rotatable bonds is 6. The smallest absolute Gasteiger partial charge is 0.209 e. The van der Waals surface area contributed by atoms with Crippen LogP contribution in [0.3, 0.4) is 0 Å². The van der Waals surface area contributed by atoms with Gasteiger partial charge in [-0.05, 0) is 19.3 Å². The molecular formula is C12H23NO5S. The Balaban J connectivity index is 1.85. The Hall–Kier alpha value is -0.210. The Kier molecular flexibility index (Phi) is 5.19. The van der Waals surface area contributed by atoms with Gasteiger partial charge in [0.15, 0.2) is 0 Å². The average molecular weight is 293 g/mol. The van der Waals surface area contributed by atoms with Gasteiger partial charge in [0, 0.05) is 31.2 Å². The van der Waals surface area contributed by atoms with Crippen LogP contribution in [0.4, 0.5) is 0 Å². The van der Waals surface area contributed by atoms with Crippen molar-refractivity contribution in [1.29, 1.82) is 0 Å². The van der Waals surface area contributed by atoms with Gasteiger partial charge < -0.3 is 14.2 Å². The van der Waals surface area contributed by atoms with Crippen molar-refractivity contribution < 1.29 is 22.6 Å². The van der Waals surface area contributed by atoms with Crippen LogP contribution in [0.25, 0.3) is 0 Å². The van der Waals surface area contributed by atoms with E-state index in [0.717, 1.165) is 19.6 Å². The molecule has 19 heavy (non-hydrogen) atoms. The Labute approximate surface area is 114 Å². The third-order valence-electron chi connectivity index (χ3n) is 3.85. The lowest BCUT2D eigenvalue weighted by Crippen LogP contribution is -2.42. The van der Waals surface area contributed by atoms with Crippen LogP contribution >= 0.6 is 0 Å². The molecule has 2 rings (SSSR count). The number of primary sulfonamides is 1. The molecule has 1 atom stereocenters. The number of nitrogens with two attached hydrogens (primary N) is 1. The van der Waals surface area contributed by atoms with Gasteiger partial charge in [0.25, 0.3) is 0 Å². The summed E-state index contributed by atoms with van der Waals surface area (Å²) in [6.07, 6.45) is 2.39. The molecule has 1 unspecified atom stereocenters. The molecule has 0 aliphatic carbocycles. The zero-order valence-corrected chi connectivity index (χ0v) is 12.0. The molecule has 2 fully saturated rings. The van der Waals surface area contributed by atoms with Crippen LogP contribution in [0.1, 0.15) is 19.3 Å². The summed E-state index contributed by atoms with van der Waals surface area (Å²) in [6, 6.07) is 0. The minimum atomic E-state index is -3.49. The highest BCUT2D eigenvalue weighted by Gasteiger charge is 2.36. The molecular weight excluding hydrogens is 270 g/mol. The van der Waals surface area contributed by atoms with Gasteiger partial charge in [-0.15, -0.1) is 0 Å². The van der Waals surface area contributed by atoms with Crippen LogP contribution in [0.15, 0.2) is 0 Å². The molecule has 0 radical (unpaired) electrons. The molecule has 0 amide bonds. The summed E-state index contributed by atoms with van der Waals surface area (Å²) < 4.78 is 39.1. The lowest BCUT2D eigenvalue weighted by molar-refractivity contribution is -0.0354. The number of ether oxygens (including phenoxy) is 3. The molecule has 0 aromatic heterocycles. The summed E-state index contributed by atoms with van der Waals surface area (Å²) in [6.45, 7) is 3.75. The molecule has 0 spiro atoms. The van der Waals surface area contributed by atoms with Gasteiger partial charge in [-0.3, -0.25) is 0 Å². The summed E-state index contributed by atoms with van der Waals surface area (Å²) in [4.78, 5) is 0. The first-order valence-corrected chi connectivity index (χ1v) is 8.44. The molecule has 0 aromatic rings. The lowest BCUT2D eigenvalue weighted by Gasteiger charge is -2.36. The van der Waals surface area contributed by atoms with E-state index in [4.69, 9.17) is 19.3 Å². The fourth-order valence-electron chi connectivity index (χ4n) is 2.72. The SMILES string of the molecule is NS(=O)(=O)CC1(COCC2CCOC2)CCOCC1.